The van der Waals surface area contributed by atoms with E-state index in [1.54, 1.807) is 0 Å². The second-order valence-electron chi connectivity index (χ2n) is 35.4. The van der Waals surface area contributed by atoms with Gasteiger partial charge in [-0.3, -0.25) is 4.57 Å². The standard InChI is InChI=1S/C58H37N3.C38H25ClN2.C21H13/c1-57(2)46-23-11-10-22-43(46)54-55(57)59-53(56(60-54)61-51-32-36-17-5-3-15-34(36)29-44(51)45-30-35-16-4-6-18-37(35)33-52(45)61)38-27-28-42-41-21-9-14-26-49(41)58(50(42)31-38)47-24-12-7-19-39(47)40-20-8-13-25-48(40)58;1-37(2)28-15-7-6-14-27(28)34-35(37)40-33(36(39)41-34)22-19-20-26-25-13-5-10-18-31(25)38(32(26)21-22)29-16-8-3-11-23(29)24-12-4-9-17-30(24)38;1-3-7-16-12-20-18(9-14(16)5-1)11-19-10-15-6-2-4-8-17(15)13-21(19)20/h3-33H,1-2H3;3-21H,1-2H3;1,3-10,12-13H,11H2/q;;+1. The molecule has 0 amide bonds. The van der Waals surface area contributed by atoms with Gasteiger partial charge >= 0.3 is 0 Å². The Morgan fingerprint density at radius 1 is 0.285 bits per heavy atom. The molecule has 3 heterocycles. The lowest BCUT2D eigenvalue weighted by molar-refractivity contribution is 0.635. The Bertz CT molecular complexity index is 7980. The van der Waals surface area contributed by atoms with Crippen LogP contribution in [0.25, 0.3) is 173 Å². The number of aromatic nitrogens is 5. The first kappa shape index (κ1) is 70.0. The van der Waals surface area contributed by atoms with Crippen LogP contribution < -0.4 is 0 Å². The third-order valence-electron chi connectivity index (χ3n) is 28.4. The highest BCUT2D eigenvalue weighted by Gasteiger charge is 2.54. The van der Waals surface area contributed by atoms with E-state index in [4.69, 9.17) is 31.5 Å². The molecule has 5 nitrogen and oxygen atoms in total. The van der Waals surface area contributed by atoms with E-state index >= 15 is 0 Å². The van der Waals surface area contributed by atoms with Gasteiger partial charge in [0.2, 0.25) is 0 Å². The van der Waals surface area contributed by atoms with E-state index in [2.05, 4.69) is 402 Å². The maximum Gasteiger partial charge on any atom is 0.165 e. The van der Waals surface area contributed by atoms with Crippen molar-refractivity contribution in [3.63, 3.8) is 0 Å². The van der Waals surface area contributed by atoms with Crippen LogP contribution in [0.5, 0.6) is 0 Å². The van der Waals surface area contributed by atoms with Crippen LogP contribution in [0, 0.1) is 6.08 Å². The summed E-state index contributed by atoms with van der Waals surface area (Å²) in [7, 11) is 0. The third kappa shape index (κ3) is 9.61. The second-order valence-corrected chi connectivity index (χ2v) is 35.7. The molecule has 2 spiro atoms. The molecule has 574 valence electrons. The topological polar surface area (TPSA) is 56.5 Å². The van der Waals surface area contributed by atoms with Crippen molar-refractivity contribution in [1.29, 1.82) is 0 Å². The molecular weight excluding hydrogens is 1510 g/mol. The number of allylic oxidation sites excluding steroid dienone is 2. The van der Waals surface area contributed by atoms with Gasteiger partial charge in [0.25, 0.3) is 0 Å². The maximum atomic E-state index is 6.98. The summed E-state index contributed by atoms with van der Waals surface area (Å²) in [5, 5.41) is 10.3. The van der Waals surface area contributed by atoms with E-state index in [1.165, 1.54) is 177 Å². The Morgan fingerprint density at radius 3 is 1.09 bits per heavy atom. The van der Waals surface area contributed by atoms with E-state index in [-0.39, 0.29) is 10.8 Å². The fourth-order valence-corrected chi connectivity index (χ4v) is 23.2. The molecule has 6 heteroatoms. The lowest BCUT2D eigenvalue weighted by Gasteiger charge is -2.30. The Kier molecular flexibility index (Phi) is 14.6. The average Bonchev–Trinajstić information content (AvgIpc) is 1.51. The molecule has 0 bridgehead atoms. The summed E-state index contributed by atoms with van der Waals surface area (Å²) < 4.78 is 2.41. The Balaban J connectivity index is 0.000000112. The summed E-state index contributed by atoms with van der Waals surface area (Å²) in [5.74, 6) is 0.841. The summed E-state index contributed by atoms with van der Waals surface area (Å²) in [6.07, 6.45) is 10.4. The molecule has 0 aliphatic heterocycles. The molecule has 8 aliphatic rings. The summed E-state index contributed by atoms with van der Waals surface area (Å²) in [4.78, 5) is 22.0. The molecular formula is C117H75ClN5+. The van der Waals surface area contributed by atoms with Gasteiger partial charge in [-0.1, -0.05) is 337 Å². The molecule has 0 N–H and O–H groups in total. The van der Waals surface area contributed by atoms with Crippen molar-refractivity contribution in [1.82, 2.24) is 24.5 Å². The minimum Gasteiger partial charge on any atom is -0.292 e. The first-order valence-corrected chi connectivity index (χ1v) is 43.2. The minimum atomic E-state index is -0.473. The zero-order chi connectivity index (χ0) is 81.5. The quantitative estimate of drug-likeness (QED) is 0.165. The first-order valence-electron chi connectivity index (χ1n) is 42.8. The van der Waals surface area contributed by atoms with Crippen molar-refractivity contribution in [2.45, 2.75) is 55.8 Å². The van der Waals surface area contributed by atoms with Gasteiger partial charge in [-0.05, 0) is 210 Å². The van der Waals surface area contributed by atoms with Crippen LogP contribution in [0.4, 0.5) is 0 Å². The van der Waals surface area contributed by atoms with Crippen molar-refractivity contribution in [3.05, 3.63) is 458 Å². The Hall–Kier alpha value is -14.8. The Labute approximate surface area is 718 Å². The lowest BCUT2D eigenvalue weighted by atomic mass is 9.70. The number of halogens is 1. The van der Waals surface area contributed by atoms with E-state index in [9.17, 15) is 0 Å². The summed E-state index contributed by atoms with van der Waals surface area (Å²) in [6.45, 7) is 9.06. The smallest absolute Gasteiger partial charge is 0.165 e. The van der Waals surface area contributed by atoms with Gasteiger partial charge in [0.1, 0.15) is 23.5 Å². The highest BCUT2D eigenvalue weighted by atomic mass is 35.5. The van der Waals surface area contributed by atoms with E-state index < -0.39 is 10.8 Å². The van der Waals surface area contributed by atoms with Gasteiger partial charge in [-0.15, -0.1) is 0 Å². The summed E-state index contributed by atoms with van der Waals surface area (Å²) in [6, 6.07) is 130. The van der Waals surface area contributed by atoms with E-state index in [0.717, 1.165) is 79.7 Å². The van der Waals surface area contributed by atoms with Gasteiger partial charge in [-0.25, -0.2) is 19.9 Å². The largest absolute Gasteiger partial charge is 0.292 e. The fourth-order valence-electron chi connectivity index (χ4n) is 23.0. The van der Waals surface area contributed by atoms with Gasteiger partial charge < -0.3 is 0 Å². The van der Waals surface area contributed by atoms with Crippen LogP contribution in [-0.2, 0) is 28.1 Å². The number of nitrogens with zero attached hydrogens (tertiary/aromatic N) is 5. The lowest BCUT2D eigenvalue weighted by Crippen LogP contribution is -2.25. The number of hydrogen-bond acceptors (Lipinski definition) is 4. The molecule has 3 aromatic heterocycles. The van der Waals surface area contributed by atoms with Crippen molar-refractivity contribution in [2.75, 3.05) is 0 Å². The number of hydrogen-bond donors (Lipinski definition) is 0. The molecule has 28 rings (SSSR count). The van der Waals surface area contributed by atoms with Gasteiger partial charge in [0.05, 0.1) is 61.8 Å². The minimum absolute atomic E-state index is 0.254. The highest BCUT2D eigenvalue weighted by Crippen LogP contribution is 2.66. The van der Waals surface area contributed by atoms with Gasteiger partial charge in [0.15, 0.2) is 11.0 Å². The monoisotopic (exact) mass is 1580 g/mol. The molecule has 0 fully saturated rings. The van der Waals surface area contributed by atoms with E-state index in [0.29, 0.717) is 5.15 Å². The molecule has 0 radical (unpaired) electrons. The predicted molar refractivity (Wildman–Crippen MR) is 506 cm³/mol. The summed E-state index contributed by atoms with van der Waals surface area (Å²) >= 11 is 6.98. The van der Waals surface area contributed by atoms with Crippen LogP contribution >= 0.6 is 11.6 Å². The molecule has 0 atom stereocenters. The number of rotatable bonds is 3. The highest BCUT2D eigenvalue weighted by molar-refractivity contribution is 6.32. The fraction of sp³-hybridized carbons (Fsp3) is 0.0769. The van der Waals surface area contributed by atoms with Crippen molar-refractivity contribution in [2.24, 2.45) is 0 Å². The Morgan fingerprint density at radius 2 is 0.634 bits per heavy atom. The second kappa shape index (κ2) is 25.6. The molecule has 0 unspecified atom stereocenters. The number of benzene rings is 17. The normalized spacial score (nSPS) is 14.8. The van der Waals surface area contributed by atoms with Gasteiger partial charge in [-0.2, -0.15) is 0 Å². The van der Waals surface area contributed by atoms with Gasteiger partial charge in [0, 0.05) is 56.0 Å². The zero-order valence-electron chi connectivity index (χ0n) is 68.0. The zero-order valence-corrected chi connectivity index (χ0v) is 68.8. The molecule has 0 saturated heterocycles. The van der Waals surface area contributed by atoms with Crippen molar-refractivity contribution in [3.8, 4) is 106 Å². The maximum absolute atomic E-state index is 6.98. The molecule has 8 aliphatic carbocycles. The van der Waals surface area contributed by atoms with Crippen LogP contribution in [-0.4, -0.2) is 24.5 Å². The third-order valence-corrected chi connectivity index (χ3v) is 28.7. The van der Waals surface area contributed by atoms with Crippen molar-refractivity contribution >= 4 is 77.9 Å². The molecule has 0 saturated carbocycles. The summed E-state index contributed by atoms with van der Waals surface area (Å²) in [5.41, 5.74) is 42.1. The van der Waals surface area contributed by atoms with Crippen LogP contribution in [0.2, 0.25) is 5.15 Å². The number of fused-ring (bicyclic) bond motifs is 36. The first-order chi connectivity index (χ1) is 60.4. The molecule has 20 aromatic rings. The van der Waals surface area contributed by atoms with Crippen LogP contribution in [0.1, 0.15) is 117 Å². The van der Waals surface area contributed by atoms with Crippen molar-refractivity contribution < 1.29 is 0 Å². The average molecular weight is 1590 g/mol. The molecule has 123 heavy (non-hydrogen) atoms. The SMILES string of the molecule is CC1(C)c2ccccc2-c2nc(-n3c4cc5ccccc5cc4c4cc5ccccc5cc43)c(-c3ccc4c(c3)C3(c5ccccc5-c5ccccc53)c3ccccc3-4)nc21.CC1(C)c2ccccc2-c2nc(Cl)c(-c3ccc4c(c3)C3(c5ccccc5-c5ccccc53)c3ccccc3-4)nc21.[C+]1=Cc2cc3c(cc2C=C1)-c1cc2ccccc2cc1C3. The van der Waals surface area contributed by atoms with Crippen LogP contribution in [0.3, 0.4) is 0 Å². The predicted octanol–water partition coefficient (Wildman–Crippen LogP) is 28.9. The molecule has 17 aromatic carbocycles. The van der Waals surface area contributed by atoms with Crippen LogP contribution in [0.15, 0.2) is 358 Å². The van der Waals surface area contributed by atoms with E-state index in [1.807, 2.05) is 6.08 Å².